The number of ether oxygens (including phenoxy) is 1. The first kappa shape index (κ1) is 11.4. The minimum atomic E-state index is 0.511. The topological polar surface area (TPSA) is 22.1 Å². The fourth-order valence-corrected chi connectivity index (χ4v) is 1.62. The van der Waals surface area contributed by atoms with Crippen LogP contribution < -0.4 is 4.74 Å². The van der Waals surface area contributed by atoms with Crippen LogP contribution in [0.5, 0.6) is 5.75 Å². The highest BCUT2D eigenvalue weighted by Crippen LogP contribution is 2.22. The van der Waals surface area contributed by atoms with Crippen molar-refractivity contribution in [3.8, 4) is 17.0 Å². The largest absolute Gasteiger partial charge is 0.489 e. The Morgan fingerprint density at radius 3 is 2.94 bits per heavy atom. The number of aryl methyl sites for hydroxylation is 1. The third-order valence-electron chi connectivity index (χ3n) is 2.41. The summed E-state index contributed by atoms with van der Waals surface area (Å²) >= 11 is 0. The van der Waals surface area contributed by atoms with Gasteiger partial charge in [0.1, 0.15) is 12.4 Å². The Labute approximate surface area is 102 Å². The summed E-state index contributed by atoms with van der Waals surface area (Å²) in [5.41, 5.74) is 3.26. The van der Waals surface area contributed by atoms with Crippen molar-refractivity contribution in [2.45, 2.75) is 6.92 Å². The Balaban J connectivity index is 2.29. The SMILES string of the molecule is C=CCOc1ccnc(-c2cccc(C)c2)c1. The first-order valence-corrected chi connectivity index (χ1v) is 5.56. The van der Waals surface area contributed by atoms with E-state index in [-0.39, 0.29) is 0 Å². The van der Waals surface area contributed by atoms with Crippen LogP contribution in [0.15, 0.2) is 55.3 Å². The van der Waals surface area contributed by atoms with Crippen molar-refractivity contribution in [3.05, 3.63) is 60.8 Å². The summed E-state index contributed by atoms with van der Waals surface area (Å²) in [5, 5.41) is 0. The van der Waals surface area contributed by atoms with Gasteiger partial charge in [0, 0.05) is 17.8 Å². The molecule has 1 aromatic heterocycles. The maximum absolute atomic E-state index is 5.49. The van der Waals surface area contributed by atoms with Gasteiger partial charge in [-0.2, -0.15) is 0 Å². The van der Waals surface area contributed by atoms with Gasteiger partial charge < -0.3 is 4.74 Å². The van der Waals surface area contributed by atoms with Crippen molar-refractivity contribution in [1.29, 1.82) is 0 Å². The van der Waals surface area contributed by atoms with E-state index >= 15 is 0 Å². The minimum absolute atomic E-state index is 0.511. The molecule has 0 bridgehead atoms. The van der Waals surface area contributed by atoms with Gasteiger partial charge in [-0.1, -0.05) is 36.4 Å². The normalized spacial score (nSPS) is 9.94. The molecule has 0 amide bonds. The molecule has 0 aliphatic rings. The second-order valence-electron chi connectivity index (χ2n) is 3.85. The predicted molar refractivity (Wildman–Crippen MR) is 70.1 cm³/mol. The van der Waals surface area contributed by atoms with Crippen LogP contribution in [0.1, 0.15) is 5.56 Å². The van der Waals surface area contributed by atoms with Crippen LogP contribution in [0, 0.1) is 6.92 Å². The molecule has 0 spiro atoms. The molecule has 2 rings (SSSR count). The zero-order valence-corrected chi connectivity index (χ0v) is 9.89. The van der Waals surface area contributed by atoms with Gasteiger partial charge in [-0.05, 0) is 19.1 Å². The molecule has 2 heteroatoms. The van der Waals surface area contributed by atoms with Gasteiger partial charge in [-0.3, -0.25) is 4.98 Å². The quantitative estimate of drug-likeness (QED) is 0.741. The fourth-order valence-electron chi connectivity index (χ4n) is 1.62. The zero-order chi connectivity index (χ0) is 12.1. The van der Waals surface area contributed by atoms with Gasteiger partial charge in [0.15, 0.2) is 0 Å². The van der Waals surface area contributed by atoms with Crippen LogP contribution >= 0.6 is 0 Å². The van der Waals surface area contributed by atoms with Crippen LogP contribution in [-0.4, -0.2) is 11.6 Å². The van der Waals surface area contributed by atoms with Crippen LogP contribution in [-0.2, 0) is 0 Å². The summed E-state index contributed by atoms with van der Waals surface area (Å²) in [4.78, 5) is 4.35. The molecule has 0 aliphatic carbocycles. The predicted octanol–water partition coefficient (Wildman–Crippen LogP) is 3.62. The monoisotopic (exact) mass is 225 g/mol. The number of nitrogens with zero attached hydrogens (tertiary/aromatic N) is 1. The maximum atomic E-state index is 5.49. The van der Waals surface area contributed by atoms with E-state index < -0.39 is 0 Å². The molecule has 0 saturated carbocycles. The van der Waals surface area contributed by atoms with E-state index in [1.54, 1.807) is 12.3 Å². The fraction of sp³-hybridized carbons (Fsp3) is 0.133. The van der Waals surface area contributed by atoms with Crippen LogP contribution in [0.3, 0.4) is 0 Å². The van der Waals surface area contributed by atoms with Crippen molar-refractivity contribution in [2.24, 2.45) is 0 Å². The lowest BCUT2D eigenvalue weighted by atomic mass is 10.1. The lowest BCUT2D eigenvalue weighted by Crippen LogP contribution is -1.93. The molecular formula is C15H15NO. The average Bonchev–Trinajstić information content (AvgIpc) is 2.37. The molecule has 86 valence electrons. The van der Waals surface area contributed by atoms with E-state index in [0.717, 1.165) is 17.0 Å². The molecule has 0 radical (unpaired) electrons. The Morgan fingerprint density at radius 1 is 1.29 bits per heavy atom. The summed E-state index contributed by atoms with van der Waals surface area (Å²) < 4.78 is 5.49. The smallest absolute Gasteiger partial charge is 0.123 e. The summed E-state index contributed by atoms with van der Waals surface area (Å²) in [6.45, 7) is 6.21. The zero-order valence-electron chi connectivity index (χ0n) is 9.89. The molecule has 0 N–H and O–H groups in total. The van der Waals surface area contributed by atoms with E-state index in [2.05, 4.69) is 30.6 Å². The standard InChI is InChI=1S/C15H15NO/c1-3-9-17-14-7-8-16-15(11-14)13-6-4-5-12(2)10-13/h3-8,10-11H,1,9H2,2H3. The van der Waals surface area contributed by atoms with E-state index in [0.29, 0.717) is 6.61 Å². The Bertz CT molecular complexity index is 520. The molecule has 0 aliphatic heterocycles. The van der Waals surface area contributed by atoms with Crippen molar-refractivity contribution >= 4 is 0 Å². The van der Waals surface area contributed by atoms with Crippen molar-refractivity contribution in [2.75, 3.05) is 6.61 Å². The van der Waals surface area contributed by atoms with Gasteiger partial charge in [0.05, 0.1) is 5.69 Å². The van der Waals surface area contributed by atoms with Crippen LogP contribution in [0.25, 0.3) is 11.3 Å². The Kier molecular flexibility index (Phi) is 3.55. The van der Waals surface area contributed by atoms with Gasteiger partial charge in [-0.25, -0.2) is 0 Å². The number of rotatable bonds is 4. The highest BCUT2D eigenvalue weighted by atomic mass is 16.5. The van der Waals surface area contributed by atoms with Crippen molar-refractivity contribution in [1.82, 2.24) is 4.98 Å². The molecule has 2 aromatic rings. The molecule has 0 fully saturated rings. The van der Waals surface area contributed by atoms with Gasteiger partial charge in [0.25, 0.3) is 0 Å². The third kappa shape index (κ3) is 2.94. The second kappa shape index (κ2) is 5.30. The Morgan fingerprint density at radius 2 is 2.18 bits per heavy atom. The highest BCUT2D eigenvalue weighted by Gasteiger charge is 2.01. The molecule has 2 nitrogen and oxygen atoms in total. The second-order valence-corrected chi connectivity index (χ2v) is 3.85. The molecule has 1 aromatic carbocycles. The minimum Gasteiger partial charge on any atom is -0.489 e. The first-order valence-electron chi connectivity index (χ1n) is 5.56. The van der Waals surface area contributed by atoms with Gasteiger partial charge in [0.2, 0.25) is 0 Å². The molecule has 17 heavy (non-hydrogen) atoms. The maximum Gasteiger partial charge on any atom is 0.123 e. The number of aromatic nitrogens is 1. The number of hydrogen-bond donors (Lipinski definition) is 0. The average molecular weight is 225 g/mol. The van der Waals surface area contributed by atoms with Crippen molar-refractivity contribution in [3.63, 3.8) is 0 Å². The number of pyridine rings is 1. The molecule has 0 saturated heterocycles. The van der Waals surface area contributed by atoms with Crippen molar-refractivity contribution < 1.29 is 4.74 Å². The van der Waals surface area contributed by atoms with Gasteiger partial charge >= 0.3 is 0 Å². The third-order valence-corrected chi connectivity index (χ3v) is 2.41. The highest BCUT2D eigenvalue weighted by molar-refractivity contribution is 5.61. The lowest BCUT2D eigenvalue weighted by Gasteiger charge is -2.06. The number of hydrogen-bond acceptors (Lipinski definition) is 2. The summed E-state index contributed by atoms with van der Waals surface area (Å²) in [7, 11) is 0. The van der Waals surface area contributed by atoms with Gasteiger partial charge in [-0.15, -0.1) is 0 Å². The molecule has 1 heterocycles. The first-order chi connectivity index (χ1) is 8.29. The van der Waals surface area contributed by atoms with E-state index in [1.165, 1.54) is 5.56 Å². The summed E-state index contributed by atoms with van der Waals surface area (Å²) in [6.07, 6.45) is 3.49. The van der Waals surface area contributed by atoms with E-state index in [4.69, 9.17) is 4.74 Å². The summed E-state index contributed by atoms with van der Waals surface area (Å²) in [6, 6.07) is 12.1. The van der Waals surface area contributed by atoms with E-state index in [1.807, 2.05) is 24.3 Å². The molecule has 0 unspecified atom stereocenters. The van der Waals surface area contributed by atoms with Crippen LogP contribution in [0.4, 0.5) is 0 Å². The Hall–Kier alpha value is -2.09. The molecule has 0 atom stereocenters. The number of benzene rings is 1. The molecular weight excluding hydrogens is 210 g/mol. The van der Waals surface area contributed by atoms with E-state index in [9.17, 15) is 0 Å². The van der Waals surface area contributed by atoms with Crippen LogP contribution in [0.2, 0.25) is 0 Å². The summed E-state index contributed by atoms with van der Waals surface area (Å²) in [5.74, 6) is 0.816. The lowest BCUT2D eigenvalue weighted by molar-refractivity contribution is 0.363.